The Balaban J connectivity index is 2.70. The van der Waals surface area contributed by atoms with E-state index in [1.165, 1.54) is 0 Å². The van der Waals surface area contributed by atoms with Gasteiger partial charge in [0, 0.05) is 10.6 Å². The maximum absolute atomic E-state index is 12.4. The van der Waals surface area contributed by atoms with E-state index in [0.29, 0.717) is 22.2 Å². The Kier molecular flexibility index (Phi) is 8.20. The Hall–Kier alpha value is -0.570. The highest BCUT2D eigenvalue weighted by Crippen LogP contribution is 2.21. The fraction of sp³-hybridized carbons (Fsp3) is 0.562. The molecule has 0 aliphatic heterocycles. The summed E-state index contributed by atoms with van der Waals surface area (Å²) >= 11 is 12.0. The summed E-state index contributed by atoms with van der Waals surface area (Å²) in [7, 11) is 0. The first-order valence-electron chi connectivity index (χ1n) is 7.29. The first-order chi connectivity index (χ1) is 9.58. The predicted octanol–water partition coefficient (Wildman–Crippen LogP) is 5.08. The third-order valence-electron chi connectivity index (χ3n) is 3.25. The number of hydrogen-bond acceptors (Lipinski definition) is 2. The van der Waals surface area contributed by atoms with Gasteiger partial charge in [0.15, 0.2) is 5.78 Å². The van der Waals surface area contributed by atoms with Crippen LogP contribution in [0.4, 0.5) is 0 Å². The number of carbonyl (C=O) groups is 1. The molecule has 0 aliphatic carbocycles. The fourth-order valence-corrected chi connectivity index (χ4v) is 2.43. The van der Waals surface area contributed by atoms with E-state index in [1.54, 1.807) is 18.2 Å². The van der Waals surface area contributed by atoms with E-state index in [0.717, 1.165) is 38.8 Å². The smallest absolute Gasteiger partial charge is 0.178 e. The fourth-order valence-electron chi connectivity index (χ4n) is 2.03. The molecule has 0 amide bonds. The minimum Gasteiger partial charge on any atom is -0.296 e. The number of halogens is 2. The van der Waals surface area contributed by atoms with Crippen LogP contribution in [0.25, 0.3) is 0 Å². The van der Waals surface area contributed by atoms with Crippen LogP contribution < -0.4 is 0 Å². The summed E-state index contributed by atoms with van der Waals surface area (Å²) in [6, 6.07) is 5.04. The van der Waals surface area contributed by atoms with Crippen LogP contribution >= 0.6 is 23.2 Å². The van der Waals surface area contributed by atoms with Gasteiger partial charge < -0.3 is 0 Å². The van der Waals surface area contributed by atoms with E-state index in [9.17, 15) is 4.79 Å². The zero-order chi connectivity index (χ0) is 15.0. The van der Waals surface area contributed by atoms with Gasteiger partial charge >= 0.3 is 0 Å². The Bertz CT molecular complexity index is 426. The molecule has 20 heavy (non-hydrogen) atoms. The van der Waals surface area contributed by atoms with Crippen molar-refractivity contribution in [3.63, 3.8) is 0 Å². The molecule has 0 aromatic heterocycles. The molecule has 0 fully saturated rings. The molecular weight excluding hydrogens is 293 g/mol. The van der Waals surface area contributed by atoms with Crippen molar-refractivity contribution in [1.82, 2.24) is 4.90 Å². The van der Waals surface area contributed by atoms with Crippen LogP contribution in [-0.4, -0.2) is 30.3 Å². The second-order valence-electron chi connectivity index (χ2n) is 5.03. The van der Waals surface area contributed by atoms with Gasteiger partial charge in [0.1, 0.15) is 0 Å². The van der Waals surface area contributed by atoms with Crippen LogP contribution in [-0.2, 0) is 0 Å². The highest BCUT2D eigenvalue weighted by Gasteiger charge is 2.15. The molecule has 0 aliphatic rings. The summed E-state index contributed by atoms with van der Waals surface area (Å²) in [6.45, 7) is 6.65. The zero-order valence-electron chi connectivity index (χ0n) is 12.3. The summed E-state index contributed by atoms with van der Waals surface area (Å²) in [5.74, 6) is 0.0460. The van der Waals surface area contributed by atoms with Crippen LogP contribution in [0.3, 0.4) is 0 Å². The van der Waals surface area contributed by atoms with Crippen molar-refractivity contribution in [3.05, 3.63) is 33.8 Å². The SMILES string of the molecule is CCCCN(CCCC)CC(=O)c1cc(Cl)ccc1Cl. The van der Waals surface area contributed by atoms with E-state index in [-0.39, 0.29) is 5.78 Å². The maximum Gasteiger partial charge on any atom is 0.178 e. The third-order valence-corrected chi connectivity index (χ3v) is 3.82. The standard InChI is InChI=1S/C16H23Cl2NO/c1-3-5-9-19(10-6-4-2)12-16(20)14-11-13(17)7-8-15(14)18/h7-8,11H,3-6,9-10,12H2,1-2H3. The Morgan fingerprint density at radius 3 is 2.25 bits per heavy atom. The van der Waals surface area contributed by atoms with E-state index in [2.05, 4.69) is 18.7 Å². The molecule has 112 valence electrons. The number of unbranched alkanes of at least 4 members (excludes halogenated alkanes) is 2. The lowest BCUT2D eigenvalue weighted by molar-refractivity contribution is 0.0928. The lowest BCUT2D eigenvalue weighted by Gasteiger charge is -2.21. The molecule has 0 saturated carbocycles. The lowest BCUT2D eigenvalue weighted by atomic mass is 10.1. The van der Waals surface area contributed by atoms with Gasteiger partial charge in [0.25, 0.3) is 0 Å². The average Bonchev–Trinajstić information content (AvgIpc) is 2.44. The number of benzene rings is 1. The summed E-state index contributed by atoms with van der Waals surface area (Å²) in [4.78, 5) is 14.6. The van der Waals surface area contributed by atoms with Crippen LogP contribution in [0.2, 0.25) is 10.0 Å². The van der Waals surface area contributed by atoms with Gasteiger partial charge in [-0.1, -0.05) is 49.9 Å². The second-order valence-corrected chi connectivity index (χ2v) is 5.87. The summed E-state index contributed by atoms with van der Waals surface area (Å²) in [5, 5.41) is 1.02. The number of hydrogen-bond donors (Lipinski definition) is 0. The quantitative estimate of drug-likeness (QED) is 0.592. The van der Waals surface area contributed by atoms with Crippen LogP contribution in [0.5, 0.6) is 0 Å². The molecule has 0 unspecified atom stereocenters. The third kappa shape index (κ3) is 5.82. The van der Waals surface area contributed by atoms with Gasteiger partial charge in [-0.3, -0.25) is 9.69 Å². The Morgan fingerprint density at radius 1 is 1.10 bits per heavy atom. The van der Waals surface area contributed by atoms with Gasteiger partial charge in [0.05, 0.1) is 11.6 Å². The maximum atomic E-state index is 12.4. The first kappa shape index (κ1) is 17.5. The monoisotopic (exact) mass is 315 g/mol. The minimum atomic E-state index is 0.0460. The first-order valence-corrected chi connectivity index (χ1v) is 8.04. The average molecular weight is 316 g/mol. The molecule has 0 bridgehead atoms. The van der Waals surface area contributed by atoms with Crippen molar-refractivity contribution in [2.75, 3.05) is 19.6 Å². The van der Waals surface area contributed by atoms with Gasteiger partial charge in [-0.2, -0.15) is 0 Å². The van der Waals surface area contributed by atoms with Crippen molar-refractivity contribution in [3.8, 4) is 0 Å². The minimum absolute atomic E-state index is 0.0460. The number of nitrogens with zero attached hydrogens (tertiary/aromatic N) is 1. The number of ketones is 1. The molecule has 0 N–H and O–H groups in total. The van der Waals surface area contributed by atoms with Gasteiger partial charge in [-0.15, -0.1) is 0 Å². The molecule has 0 spiro atoms. The van der Waals surface area contributed by atoms with E-state index < -0.39 is 0 Å². The molecule has 0 saturated heterocycles. The van der Waals surface area contributed by atoms with Gasteiger partial charge in [-0.05, 0) is 44.1 Å². The van der Waals surface area contributed by atoms with E-state index in [4.69, 9.17) is 23.2 Å². The molecular formula is C16H23Cl2NO. The van der Waals surface area contributed by atoms with Crippen LogP contribution in [0.15, 0.2) is 18.2 Å². The Morgan fingerprint density at radius 2 is 1.70 bits per heavy atom. The molecule has 0 radical (unpaired) electrons. The van der Waals surface area contributed by atoms with Gasteiger partial charge in [-0.25, -0.2) is 0 Å². The van der Waals surface area contributed by atoms with Crippen molar-refractivity contribution >= 4 is 29.0 Å². The lowest BCUT2D eigenvalue weighted by Crippen LogP contribution is -2.32. The van der Waals surface area contributed by atoms with Crippen LogP contribution in [0, 0.1) is 0 Å². The van der Waals surface area contributed by atoms with E-state index in [1.807, 2.05) is 0 Å². The molecule has 0 atom stereocenters. The number of Topliss-reactive ketones (excluding diaryl/α,β-unsaturated/α-hetero) is 1. The van der Waals surface area contributed by atoms with Gasteiger partial charge in [0.2, 0.25) is 0 Å². The number of rotatable bonds is 9. The highest BCUT2D eigenvalue weighted by molar-refractivity contribution is 6.36. The molecule has 1 aromatic carbocycles. The van der Waals surface area contributed by atoms with E-state index >= 15 is 0 Å². The molecule has 1 aromatic rings. The van der Waals surface area contributed by atoms with Crippen LogP contribution in [0.1, 0.15) is 49.9 Å². The summed E-state index contributed by atoms with van der Waals surface area (Å²) < 4.78 is 0. The summed E-state index contributed by atoms with van der Waals surface area (Å²) in [6.07, 6.45) is 4.49. The van der Waals surface area contributed by atoms with Crippen molar-refractivity contribution in [2.45, 2.75) is 39.5 Å². The van der Waals surface area contributed by atoms with Crippen molar-refractivity contribution < 1.29 is 4.79 Å². The molecule has 4 heteroatoms. The van der Waals surface area contributed by atoms with Crippen molar-refractivity contribution in [1.29, 1.82) is 0 Å². The highest BCUT2D eigenvalue weighted by atomic mass is 35.5. The molecule has 0 heterocycles. The summed E-state index contributed by atoms with van der Waals surface area (Å²) in [5.41, 5.74) is 0.525. The number of carbonyl (C=O) groups excluding carboxylic acids is 1. The Labute approximate surface area is 132 Å². The van der Waals surface area contributed by atoms with Crippen molar-refractivity contribution in [2.24, 2.45) is 0 Å². The zero-order valence-corrected chi connectivity index (χ0v) is 13.8. The normalized spacial score (nSPS) is 11.1. The molecule has 2 nitrogen and oxygen atoms in total. The largest absolute Gasteiger partial charge is 0.296 e. The second kappa shape index (κ2) is 9.38. The molecule has 1 rings (SSSR count). The topological polar surface area (TPSA) is 20.3 Å². The predicted molar refractivity (Wildman–Crippen MR) is 87.0 cm³/mol.